The van der Waals surface area contributed by atoms with Crippen molar-refractivity contribution < 1.29 is 18.3 Å². The van der Waals surface area contributed by atoms with E-state index in [9.17, 15) is 13.2 Å². The molecule has 2 rings (SSSR count). The van der Waals surface area contributed by atoms with Crippen LogP contribution in [0, 0.1) is 5.92 Å². The summed E-state index contributed by atoms with van der Waals surface area (Å²) in [5.74, 6) is -2.42. The Hall–Kier alpha value is -1.07. The van der Waals surface area contributed by atoms with E-state index in [4.69, 9.17) is 16.7 Å². The second-order valence-electron chi connectivity index (χ2n) is 4.24. The van der Waals surface area contributed by atoms with Crippen LogP contribution in [0.5, 0.6) is 0 Å². The first-order valence-corrected chi connectivity index (χ1v) is 7.33. The van der Waals surface area contributed by atoms with Gasteiger partial charge in [-0.15, -0.1) is 0 Å². The van der Waals surface area contributed by atoms with Gasteiger partial charge in [0, 0.05) is 17.2 Å². The third-order valence-corrected chi connectivity index (χ3v) is 4.78. The summed E-state index contributed by atoms with van der Waals surface area (Å²) in [6, 6.07) is 6.68. The highest BCUT2D eigenvalue weighted by atomic mass is 35.5. The second-order valence-corrected chi connectivity index (χ2v) is 6.88. The average Bonchev–Trinajstić information content (AvgIpc) is 2.91. The van der Waals surface area contributed by atoms with Crippen LogP contribution in [0.25, 0.3) is 0 Å². The van der Waals surface area contributed by atoms with Crippen molar-refractivity contribution in [3.8, 4) is 0 Å². The van der Waals surface area contributed by atoms with E-state index in [-0.39, 0.29) is 0 Å². The number of halogens is 1. The number of hydrogen-bond donors (Lipinski definition) is 1. The minimum atomic E-state index is -3.36. The van der Waals surface area contributed by atoms with Gasteiger partial charge in [-0.25, -0.2) is 8.42 Å². The van der Waals surface area contributed by atoms with Crippen molar-refractivity contribution in [2.45, 2.75) is 11.2 Å². The lowest BCUT2D eigenvalue weighted by molar-refractivity contribution is -0.138. The highest BCUT2D eigenvalue weighted by molar-refractivity contribution is 7.91. The van der Waals surface area contributed by atoms with Crippen LogP contribution in [0.1, 0.15) is 11.5 Å². The molecule has 6 heteroatoms. The number of sulfone groups is 1. The fourth-order valence-corrected chi connectivity index (χ4v) is 4.01. The van der Waals surface area contributed by atoms with Gasteiger partial charge < -0.3 is 5.11 Å². The molecular formula is C11H11ClO4S. The Morgan fingerprint density at radius 2 is 2.06 bits per heavy atom. The maximum absolute atomic E-state index is 11.5. The minimum Gasteiger partial charge on any atom is -0.481 e. The van der Waals surface area contributed by atoms with E-state index in [1.54, 1.807) is 24.3 Å². The number of carboxylic acid groups (broad SMARTS) is 1. The molecule has 0 aromatic heterocycles. The molecule has 1 saturated carbocycles. The van der Waals surface area contributed by atoms with Crippen molar-refractivity contribution in [2.75, 3.05) is 6.26 Å². The molecule has 4 nitrogen and oxygen atoms in total. The largest absolute Gasteiger partial charge is 0.481 e. The van der Waals surface area contributed by atoms with Gasteiger partial charge in [-0.05, 0) is 17.7 Å². The van der Waals surface area contributed by atoms with Gasteiger partial charge in [0.2, 0.25) is 0 Å². The fraction of sp³-hybridized carbons (Fsp3) is 0.364. The van der Waals surface area contributed by atoms with Crippen LogP contribution >= 0.6 is 11.6 Å². The van der Waals surface area contributed by atoms with E-state index in [2.05, 4.69) is 0 Å². The summed E-state index contributed by atoms with van der Waals surface area (Å²) < 4.78 is 23.0. The summed E-state index contributed by atoms with van der Waals surface area (Å²) in [4.78, 5) is 11.0. The summed E-state index contributed by atoms with van der Waals surface area (Å²) in [5.41, 5.74) is 0.667. The second kappa shape index (κ2) is 3.99. The zero-order valence-corrected chi connectivity index (χ0v) is 10.6. The monoisotopic (exact) mass is 274 g/mol. The molecule has 1 aliphatic carbocycles. The SMILES string of the molecule is CS(=O)(=O)[C@H]1[C@@H](C(=O)O)[C@@H]1c1cccc(Cl)c1. The lowest BCUT2D eigenvalue weighted by Crippen LogP contribution is -2.10. The first-order valence-electron chi connectivity index (χ1n) is 4.99. The number of carboxylic acids is 1. The van der Waals surface area contributed by atoms with E-state index in [1.807, 2.05) is 0 Å². The van der Waals surface area contributed by atoms with Crippen LogP contribution in [0.2, 0.25) is 5.02 Å². The zero-order chi connectivity index (χ0) is 12.8. The molecule has 1 aromatic rings. The molecular weight excluding hydrogens is 264 g/mol. The molecule has 0 amide bonds. The lowest BCUT2D eigenvalue weighted by Gasteiger charge is -1.99. The first kappa shape index (κ1) is 12.4. The Bertz CT molecular complexity index is 567. The highest BCUT2D eigenvalue weighted by Crippen LogP contribution is 2.52. The topological polar surface area (TPSA) is 71.4 Å². The molecule has 0 saturated heterocycles. The Kier molecular flexibility index (Phi) is 2.91. The molecule has 1 N–H and O–H groups in total. The molecule has 0 spiro atoms. The van der Waals surface area contributed by atoms with Gasteiger partial charge in [0.05, 0.1) is 11.2 Å². The lowest BCUT2D eigenvalue weighted by atomic mass is 10.1. The van der Waals surface area contributed by atoms with Crippen LogP contribution in [0.3, 0.4) is 0 Å². The summed E-state index contributed by atoms with van der Waals surface area (Å²) in [6.45, 7) is 0. The number of rotatable bonds is 3. The van der Waals surface area contributed by atoms with Crippen LogP contribution in [0.4, 0.5) is 0 Å². The number of benzene rings is 1. The van der Waals surface area contributed by atoms with Crippen molar-refractivity contribution >= 4 is 27.4 Å². The fourth-order valence-electron chi connectivity index (χ4n) is 2.22. The van der Waals surface area contributed by atoms with E-state index >= 15 is 0 Å². The van der Waals surface area contributed by atoms with Gasteiger partial charge in [0.1, 0.15) is 0 Å². The minimum absolute atomic E-state index is 0.478. The molecule has 3 atom stereocenters. The smallest absolute Gasteiger partial charge is 0.308 e. The van der Waals surface area contributed by atoms with Crippen LogP contribution in [-0.4, -0.2) is 31.0 Å². The van der Waals surface area contributed by atoms with Gasteiger partial charge >= 0.3 is 5.97 Å². The van der Waals surface area contributed by atoms with Crippen molar-refractivity contribution in [3.05, 3.63) is 34.9 Å². The summed E-state index contributed by atoms with van der Waals surface area (Å²) in [5, 5.41) is 8.63. The van der Waals surface area contributed by atoms with E-state index in [0.29, 0.717) is 10.6 Å². The van der Waals surface area contributed by atoms with Gasteiger partial charge in [0.15, 0.2) is 9.84 Å². The number of aliphatic carboxylic acids is 1. The molecule has 0 aliphatic heterocycles. The summed E-state index contributed by atoms with van der Waals surface area (Å²) in [7, 11) is -3.36. The third-order valence-electron chi connectivity index (χ3n) is 2.97. The normalized spacial score (nSPS) is 27.8. The Morgan fingerprint density at radius 1 is 1.41 bits per heavy atom. The molecule has 1 aliphatic rings. The Balaban J connectivity index is 2.37. The van der Waals surface area contributed by atoms with E-state index in [0.717, 1.165) is 6.26 Å². The third kappa shape index (κ3) is 2.30. The van der Waals surface area contributed by atoms with E-state index < -0.39 is 32.9 Å². The first-order chi connectivity index (χ1) is 7.82. The van der Waals surface area contributed by atoms with Gasteiger partial charge in [-0.1, -0.05) is 23.7 Å². The maximum Gasteiger partial charge on any atom is 0.308 e. The Morgan fingerprint density at radius 3 is 2.47 bits per heavy atom. The molecule has 0 radical (unpaired) electrons. The van der Waals surface area contributed by atoms with Gasteiger partial charge in [-0.3, -0.25) is 4.79 Å². The van der Waals surface area contributed by atoms with Gasteiger partial charge in [0.25, 0.3) is 0 Å². The van der Waals surface area contributed by atoms with Crippen molar-refractivity contribution in [2.24, 2.45) is 5.92 Å². The maximum atomic E-state index is 11.5. The molecule has 1 fully saturated rings. The molecule has 1 aromatic carbocycles. The number of hydrogen-bond acceptors (Lipinski definition) is 3. The van der Waals surface area contributed by atoms with Crippen molar-refractivity contribution in [1.82, 2.24) is 0 Å². The summed E-state index contributed by atoms with van der Waals surface area (Å²) >= 11 is 5.81. The van der Waals surface area contributed by atoms with Crippen molar-refractivity contribution in [3.63, 3.8) is 0 Å². The van der Waals surface area contributed by atoms with Crippen LogP contribution in [-0.2, 0) is 14.6 Å². The molecule has 0 heterocycles. The van der Waals surface area contributed by atoms with Crippen molar-refractivity contribution in [1.29, 1.82) is 0 Å². The average molecular weight is 275 g/mol. The molecule has 0 unspecified atom stereocenters. The molecule has 0 bridgehead atoms. The van der Waals surface area contributed by atoms with E-state index in [1.165, 1.54) is 0 Å². The zero-order valence-electron chi connectivity index (χ0n) is 9.00. The molecule has 92 valence electrons. The van der Waals surface area contributed by atoms with Crippen LogP contribution < -0.4 is 0 Å². The number of carbonyl (C=O) groups is 1. The van der Waals surface area contributed by atoms with Crippen LogP contribution in [0.15, 0.2) is 24.3 Å². The predicted molar refractivity (Wildman–Crippen MR) is 64.0 cm³/mol. The summed E-state index contributed by atoms with van der Waals surface area (Å²) in [6.07, 6.45) is 1.07. The Labute approximate surface area is 104 Å². The highest BCUT2D eigenvalue weighted by Gasteiger charge is 2.61. The molecule has 17 heavy (non-hydrogen) atoms. The quantitative estimate of drug-likeness (QED) is 0.908. The van der Waals surface area contributed by atoms with Gasteiger partial charge in [-0.2, -0.15) is 0 Å². The predicted octanol–water partition coefficient (Wildman–Crippen LogP) is 1.55. The standard InChI is InChI=1S/C11H11ClO4S/c1-17(15,16)10-8(9(10)11(13)14)6-3-2-4-7(12)5-6/h2-5,8-10H,1H3,(H,13,14)/t8-,9-,10+/m0/s1.